The topological polar surface area (TPSA) is 81.4 Å². The van der Waals surface area contributed by atoms with Crippen molar-refractivity contribution in [2.24, 2.45) is 0 Å². The van der Waals surface area contributed by atoms with Crippen molar-refractivity contribution in [3.63, 3.8) is 0 Å². The fraction of sp³-hybridized carbons (Fsp3) is 0.118. The Labute approximate surface area is 132 Å². The first-order valence-corrected chi connectivity index (χ1v) is 6.96. The molecule has 0 radical (unpaired) electrons. The molecule has 0 aliphatic rings. The van der Waals surface area contributed by atoms with Gasteiger partial charge in [0.05, 0.1) is 24.8 Å². The molecule has 0 aliphatic heterocycles. The molecule has 0 saturated carbocycles. The predicted octanol–water partition coefficient (Wildman–Crippen LogP) is 2.80. The fourth-order valence-corrected chi connectivity index (χ4v) is 2.27. The van der Waals surface area contributed by atoms with Gasteiger partial charge in [-0.1, -0.05) is 18.2 Å². The Morgan fingerprint density at radius 3 is 2.87 bits per heavy atom. The molecule has 0 aliphatic carbocycles. The number of hydrogen-bond acceptors (Lipinski definition) is 5. The first-order valence-electron chi connectivity index (χ1n) is 6.96. The molecule has 116 valence electrons. The summed E-state index contributed by atoms with van der Waals surface area (Å²) in [6.07, 6.45) is 1.52. The summed E-state index contributed by atoms with van der Waals surface area (Å²) in [5.41, 5.74) is 2.90. The van der Waals surface area contributed by atoms with Crippen LogP contribution in [0.4, 0.5) is 5.69 Å². The number of anilines is 1. The number of benzene rings is 2. The SMILES string of the molecule is COC(=O)c1ccccc1NC(=O)Cc1ccc2ncoc2c1. The second-order valence-corrected chi connectivity index (χ2v) is 4.92. The summed E-state index contributed by atoms with van der Waals surface area (Å²) >= 11 is 0. The standard InChI is InChI=1S/C17H14N2O4/c1-22-17(21)12-4-2-3-5-13(12)19-16(20)9-11-6-7-14-15(8-11)23-10-18-14/h2-8,10H,9H2,1H3,(H,19,20). The van der Waals surface area contributed by atoms with Crippen molar-refractivity contribution in [1.29, 1.82) is 0 Å². The van der Waals surface area contributed by atoms with Crippen molar-refractivity contribution in [2.75, 3.05) is 12.4 Å². The third-order valence-corrected chi connectivity index (χ3v) is 3.37. The van der Waals surface area contributed by atoms with Crippen LogP contribution in [0.25, 0.3) is 11.1 Å². The lowest BCUT2D eigenvalue weighted by molar-refractivity contribution is -0.115. The molecule has 0 atom stereocenters. The van der Waals surface area contributed by atoms with Crippen molar-refractivity contribution in [1.82, 2.24) is 4.98 Å². The number of para-hydroxylation sites is 1. The van der Waals surface area contributed by atoms with E-state index in [0.717, 1.165) is 11.1 Å². The molecule has 1 amide bonds. The lowest BCUT2D eigenvalue weighted by Crippen LogP contribution is -2.17. The van der Waals surface area contributed by atoms with Crippen molar-refractivity contribution >= 4 is 28.7 Å². The zero-order chi connectivity index (χ0) is 16.2. The largest absolute Gasteiger partial charge is 0.465 e. The van der Waals surface area contributed by atoms with E-state index in [1.807, 2.05) is 6.07 Å². The maximum Gasteiger partial charge on any atom is 0.339 e. The van der Waals surface area contributed by atoms with E-state index in [1.54, 1.807) is 36.4 Å². The lowest BCUT2D eigenvalue weighted by Gasteiger charge is -2.09. The Bertz CT molecular complexity index is 870. The van der Waals surface area contributed by atoms with Gasteiger partial charge in [0.25, 0.3) is 0 Å². The maximum absolute atomic E-state index is 12.2. The van der Waals surface area contributed by atoms with Crippen molar-refractivity contribution in [3.05, 3.63) is 60.0 Å². The number of methoxy groups -OCH3 is 1. The zero-order valence-electron chi connectivity index (χ0n) is 12.4. The molecule has 1 aromatic heterocycles. The van der Waals surface area contributed by atoms with Crippen LogP contribution < -0.4 is 5.32 Å². The van der Waals surface area contributed by atoms with E-state index in [1.165, 1.54) is 13.5 Å². The van der Waals surface area contributed by atoms with Gasteiger partial charge in [-0.3, -0.25) is 4.79 Å². The minimum absolute atomic E-state index is 0.159. The van der Waals surface area contributed by atoms with E-state index >= 15 is 0 Å². The number of nitrogens with one attached hydrogen (secondary N) is 1. The maximum atomic E-state index is 12.2. The summed E-state index contributed by atoms with van der Waals surface area (Å²) in [6.45, 7) is 0. The molecule has 0 fully saturated rings. The Morgan fingerprint density at radius 2 is 2.04 bits per heavy atom. The Morgan fingerprint density at radius 1 is 1.22 bits per heavy atom. The molecule has 0 saturated heterocycles. The summed E-state index contributed by atoms with van der Waals surface area (Å²) in [7, 11) is 1.30. The van der Waals surface area contributed by atoms with Gasteiger partial charge >= 0.3 is 5.97 Å². The Hall–Kier alpha value is -3.15. The van der Waals surface area contributed by atoms with E-state index in [0.29, 0.717) is 16.8 Å². The fourth-order valence-electron chi connectivity index (χ4n) is 2.27. The Balaban J connectivity index is 1.75. The van der Waals surface area contributed by atoms with Crippen LogP contribution in [-0.2, 0) is 16.0 Å². The van der Waals surface area contributed by atoms with Crippen LogP contribution >= 0.6 is 0 Å². The quantitative estimate of drug-likeness (QED) is 0.749. The van der Waals surface area contributed by atoms with Gasteiger partial charge in [0, 0.05) is 0 Å². The average Bonchev–Trinajstić information content (AvgIpc) is 3.02. The molecule has 3 aromatic rings. The number of oxazole rings is 1. The van der Waals surface area contributed by atoms with Gasteiger partial charge in [-0.2, -0.15) is 0 Å². The number of esters is 1. The summed E-state index contributed by atoms with van der Waals surface area (Å²) in [6, 6.07) is 12.1. The molecular weight excluding hydrogens is 296 g/mol. The normalized spacial score (nSPS) is 10.5. The second kappa shape index (κ2) is 6.31. The molecule has 3 rings (SSSR count). The number of amides is 1. The lowest BCUT2D eigenvalue weighted by atomic mass is 10.1. The predicted molar refractivity (Wildman–Crippen MR) is 84.1 cm³/mol. The van der Waals surface area contributed by atoms with Crippen LogP contribution in [0.1, 0.15) is 15.9 Å². The van der Waals surface area contributed by atoms with E-state index in [-0.39, 0.29) is 12.3 Å². The third-order valence-electron chi connectivity index (χ3n) is 3.37. The molecule has 2 aromatic carbocycles. The monoisotopic (exact) mass is 310 g/mol. The molecule has 1 N–H and O–H groups in total. The van der Waals surface area contributed by atoms with E-state index in [2.05, 4.69) is 10.3 Å². The van der Waals surface area contributed by atoms with Gasteiger partial charge < -0.3 is 14.5 Å². The Kier molecular flexibility index (Phi) is 4.05. The number of nitrogens with zero attached hydrogens (tertiary/aromatic N) is 1. The van der Waals surface area contributed by atoms with Gasteiger partial charge in [-0.05, 0) is 29.8 Å². The highest BCUT2D eigenvalue weighted by atomic mass is 16.5. The van der Waals surface area contributed by atoms with Crippen molar-refractivity contribution < 1.29 is 18.7 Å². The van der Waals surface area contributed by atoms with Crippen LogP contribution in [0.3, 0.4) is 0 Å². The number of carbonyl (C=O) groups excluding carboxylic acids is 2. The van der Waals surface area contributed by atoms with E-state index in [9.17, 15) is 9.59 Å². The summed E-state index contributed by atoms with van der Waals surface area (Å²) in [5.74, 6) is -0.732. The van der Waals surface area contributed by atoms with Gasteiger partial charge in [-0.25, -0.2) is 9.78 Å². The van der Waals surface area contributed by atoms with E-state index in [4.69, 9.17) is 9.15 Å². The average molecular weight is 310 g/mol. The van der Waals surface area contributed by atoms with Gasteiger partial charge in [0.2, 0.25) is 5.91 Å². The van der Waals surface area contributed by atoms with Gasteiger partial charge in [0.1, 0.15) is 5.52 Å². The van der Waals surface area contributed by atoms with E-state index < -0.39 is 5.97 Å². The summed E-state index contributed by atoms with van der Waals surface area (Å²) < 4.78 is 9.93. The van der Waals surface area contributed by atoms with Crippen LogP contribution in [-0.4, -0.2) is 24.0 Å². The third kappa shape index (κ3) is 3.21. The molecule has 1 heterocycles. The van der Waals surface area contributed by atoms with Crippen LogP contribution in [0.15, 0.2) is 53.3 Å². The van der Waals surface area contributed by atoms with Crippen LogP contribution in [0.2, 0.25) is 0 Å². The van der Waals surface area contributed by atoms with Crippen LogP contribution in [0.5, 0.6) is 0 Å². The molecule has 6 nitrogen and oxygen atoms in total. The number of carbonyl (C=O) groups is 2. The number of fused-ring (bicyclic) bond motifs is 1. The summed E-state index contributed by atoms with van der Waals surface area (Å²) in [4.78, 5) is 27.9. The number of aromatic nitrogens is 1. The second-order valence-electron chi connectivity index (χ2n) is 4.92. The molecule has 23 heavy (non-hydrogen) atoms. The zero-order valence-corrected chi connectivity index (χ0v) is 12.4. The summed E-state index contributed by atoms with van der Waals surface area (Å²) in [5, 5.41) is 2.73. The first kappa shape index (κ1) is 14.8. The minimum Gasteiger partial charge on any atom is -0.465 e. The molecule has 6 heteroatoms. The van der Waals surface area contributed by atoms with Crippen molar-refractivity contribution in [3.8, 4) is 0 Å². The van der Waals surface area contributed by atoms with Gasteiger partial charge in [-0.15, -0.1) is 0 Å². The number of rotatable bonds is 4. The highest BCUT2D eigenvalue weighted by Gasteiger charge is 2.13. The first-order chi connectivity index (χ1) is 11.2. The van der Waals surface area contributed by atoms with Crippen molar-refractivity contribution in [2.45, 2.75) is 6.42 Å². The minimum atomic E-state index is -0.496. The highest BCUT2D eigenvalue weighted by molar-refractivity contribution is 6.01. The van der Waals surface area contributed by atoms with Gasteiger partial charge in [0.15, 0.2) is 12.0 Å². The molecule has 0 bridgehead atoms. The molecule has 0 unspecified atom stereocenters. The molecular formula is C17H14N2O4. The number of ether oxygens (including phenoxy) is 1. The molecule has 0 spiro atoms. The van der Waals surface area contributed by atoms with Crippen LogP contribution in [0, 0.1) is 0 Å². The highest BCUT2D eigenvalue weighted by Crippen LogP contribution is 2.18. The smallest absolute Gasteiger partial charge is 0.339 e. The number of hydrogen-bond donors (Lipinski definition) is 1.